The van der Waals surface area contributed by atoms with Crippen LogP contribution in [0.5, 0.6) is 0 Å². The molecule has 0 N–H and O–H groups in total. The Labute approximate surface area is 169 Å². The molecular weight excluding hydrogens is 382 g/mol. The summed E-state index contributed by atoms with van der Waals surface area (Å²) in [5, 5.41) is 3.21. The van der Waals surface area contributed by atoms with E-state index in [-0.39, 0.29) is 32.9 Å². The first-order valence-corrected chi connectivity index (χ1v) is 13.1. The summed E-state index contributed by atoms with van der Waals surface area (Å²) in [6.07, 6.45) is 11.0. The molecule has 0 amide bonds. The van der Waals surface area contributed by atoms with E-state index in [0.29, 0.717) is 0 Å². The van der Waals surface area contributed by atoms with Crippen molar-refractivity contribution in [2.75, 3.05) is 24.6 Å². The van der Waals surface area contributed by atoms with E-state index in [1.54, 1.807) is 10.6 Å². The van der Waals surface area contributed by atoms with Crippen LogP contribution in [-0.2, 0) is 17.1 Å². The van der Waals surface area contributed by atoms with Crippen LogP contribution >= 0.6 is 15.8 Å². The minimum atomic E-state index is 0. The Balaban J connectivity index is 0.000000443. The van der Waals surface area contributed by atoms with E-state index in [1.807, 2.05) is 0 Å². The van der Waals surface area contributed by atoms with Gasteiger partial charge < -0.3 is 0 Å². The number of rotatable bonds is 10. The average molecular weight is 418 g/mol. The first kappa shape index (κ1) is 25.1. The molecular formula is C22H36FeP2. The smallest absolute Gasteiger partial charge is 0.213 e. The standard InChI is InChI=1S/2C11H18P.Fe/c2*1-3-9-12(10-4-2)11-7-5-6-8-11;/h2*5-8H,3-4,9-10H2,1-2H3;/q2*-1;+2. The van der Waals surface area contributed by atoms with Crippen LogP contribution in [0, 0.1) is 0 Å². The number of hydrogen-bond donors (Lipinski definition) is 0. The van der Waals surface area contributed by atoms with Crippen molar-refractivity contribution >= 4 is 26.5 Å². The van der Waals surface area contributed by atoms with Crippen molar-refractivity contribution in [2.24, 2.45) is 0 Å². The second kappa shape index (κ2) is 16.3. The molecule has 0 aliphatic carbocycles. The summed E-state index contributed by atoms with van der Waals surface area (Å²) in [4.78, 5) is 0. The fraction of sp³-hybridized carbons (Fsp3) is 0.545. The quantitative estimate of drug-likeness (QED) is 0.230. The zero-order valence-corrected chi connectivity index (χ0v) is 19.4. The Bertz CT molecular complexity index is 418. The summed E-state index contributed by atoms with van der Waals surface area (Å²) in [6, 6.07) is 17.8. The van der Waals surface area contributed by atoms with Gasteiger partial charge in [0.05, 0.1) is 0 Å². The molecule has 0 radical (unpaired) electrons. The summed E-state index contributed by atoms with van der Waals surface area (Å²) in [5.41, 5.74) is 0. The molecule has 2 rings (SSSR count). The van der Waals surface area contributed by atoms with Crippen LogP contribution in [0.1, 0.15) is 53.4 Å². The van der Waals surface area contributed by atoms with Crippen LogP contribution in [-0.4, -0.2) is 24.6 Å². The van der Waals surface area contributed by atoms with E-state index in [0.717, 1.165) is 0 Å². The van der Waals surface area contributed by atoms with Gasteiger partial charge in [-0.15, -0.1) is 26.5 Å². The van der Waals surface area contributed by atoms with Crippen molar-refractivity contribution < 1.29 is 17.1 Å². The normalized spacial score (nSPS) is 10.5. The maximum absolute atomic E-state index is 2.29. The largest absolute Gasteiger partial charge is 2.00 e. The Hall–Kier alpha value is 0.0795. The van der Waals surface area contributed by atoms with Crippen LogP contribution in [0.4, 0.5) is 0 Å². The minimum absolute atomic E-state index is 0. The summed E-state index contributed by atoms with van der Waals surface area (Å²) in [7, 11) is 0.362. The summed E-state index contributed by atoms with van der Waals surface area (Å²) in [6.45, 7) is 9.14. The van der Waals surface area contributed by atoms with Crippen molar-refractivity contribution in [3.05, 3.63) is 48.5 Å². The summed E-state index contributed by atoms with van der Waals surface area (Å²) in [5.74, 6) is 0. The van der Waals surface area contributed by atoms with Crippen molar-refractivity contribution in [3.8, 4) is 0 Å². The molecule has 142 valence electrons. The van der Waals surface area contributed by atoms with Crippen molar-refractivity contribution in [2.45, 2.75) is 53.4 Å². The van der Waals surface area contributed by atoms with Crippen molar-refractivity contribution in [3.63, 3.8) is 0 Å². The van der Waals surface area contributed by atoms with Gasteiger partial charge in [-0.25, -0.2) is 24.3 Å². The molecule has 0 heterocycles. The van der Waals surface area contributed by atoms with E-state index >= 15 is 0 Å². The van der Waals surface area contributed by atoms with Gasteiger partial charge in [0.25, 0.3) is 0 Å². The molecule has 0 aromatic heterocycles. The fourth-order valence-electron chi connectivity index (χ4n) is 2.97. The van der Waals surface area contributed by atoms with Crippen LogP contribution in [0.3, 0.4) is 0 Å². The third-order valence-corrected chi connectivity index (χ3v) is 10.00. The van der Waals surface area contributed by atoms with Crippen LogP contribution < -0.4 is 10.6 Å². The summed E-state index contributed by atoms with van der Waals surface area (Å²) >= 11 is 0. The topological polar surface area (TPSA) is 0 Å². The van der Waals surface area contributed by atoms with Gasteiger partial charge in [-0.2, -0.15) is 24.3 Å². The first-order valence-electron chi connectivity index (χ1n) is 9.70. The van der Waals surface area contributed by atoms with E-state index in [4.69, 9.17) is 0 Å². The van der Waals surface area contributed by atoms with Gasteiger partial charge in [0.2, 0.25) is 0 Å². The van der Waals surface area contributed by atoms with Gasteiger partial charge >= 0.3 is 17.1 Å². The van der Waals surface area contributed by atoms with Gasteiger partial charge in [-0.3, -0.25) is 0 Å². The fourth-order valence-corrected chi connectivity index (χ4v) is 7.80. The molecule has 0 unspecified atom stereocenters. The van der Waals surface area contributed by atoms with E-state index in [2.05, 4.69) is 76.2 Å². The second-order valence-corrected chi connectivity index (χ2v) is 11.2. The number of hydrogen-bond acceptors (Lipinski definition) is 0. The molecule has 0 aliphatic heterocycles. The SMILES string of the molecule is CCCP(CCC)c1ccc[cH-]1.CCCP(CCC)c1ccc[cH-]1.[Fe+2]. The molecule has 2 aromatic rings. The van der Waals surface area contributed by atoms with Crippen molar-refractivity contribution in [1.29, 1.82) is 0 Å². The molecule has 25 heavy (non-hydrogen) atoms. The molecule has 0 nitrogen and oxygen atoms in total. The molecule has 0 bridgehead atoms. The molecule has 3 heteroatoms. The third kappa shape index (κ3) is 10.1. The van der Waals surface area contributed by atoms with Gasteiger partial charge in [0.1, 0.15) is 0 Å². The summed E-state index contributed by atoms with van der Waals surface area (Å²) < 4.78 is 0. The van der Waals surface area contributed by atoms with Crippen LogP contribution in [0.15, 0.2) is 48.5 Å². The Morgan fingerprint density at radius 2 is 0.960 bits per heavy atom. The maximum atomic E-state index is 2.29. The minimum Gasteiger partial charge on any atom is -0.213 e. The molecule has 0 atom stereocenters. The molecule has 0 aliphatic rings. The van der Waals surface area contributed by atoms with E-state index in [1.165, 1.54) is 50.3 Å². The Morgan fingerprint density at radius 1 is 0.640 bits per heavy atom. The predicted octanol–water partition coefficient (Wildman–Crippen LogP) is 6.66. The monoisotopic (exact) mass is 418 g/mol. The molecule has 0 saturated carbocycles. The van der Waals surface area contributed by atoms with Crippen molar-refractivity contribution in [1.82, 2.24) is 0 Å². The Kier molecular flexibility index (Phi) is 16.3. The molecule has 0 spiro atoms. The van der Waals surface area contributed by atoms with Crippen LogP contribution in [0.25, 0.3) is 0 Å². The van der Waals surface area contributed by atoms with Gasteiger partial charge in [-0.1, -0.05) is 53.4 Å². The molecule has 0 saturated heterocycles. The van der Waals surface area contributed by atoms with E-state index in [9.17, 15) is 0 Å². The Morgan fingerprint density at radius 3 is 1.16 bits per heavy atom. The van der Waals surface area contributed by atoms with E-state index < -0.39 is 0 Å². The first-order chi connectivity index (χ1) is 11.8. The molecule has 2 aromatic carbocycles. The third-order valence-electron chi connectivity index (χ3n) is 3.99. The molecule has 0 fully saturated rings. The average Bonchev–Trinajstić information content (AvgIpc) is 3.29. The van der Waals surface area contributed by atoms with Gasteiger partial charge in [0.15, 0.2) is 0 Å². The van der Waals surface area contributed by atoms with Gasteiger partial charge in [0, 0.05) is 0 Å². The van der Waals surface area contributed by atoms with Crippen LogP contribution in [0.2, 0.25) is 0 Å². The zero-order valence-electron chi connectivity index (χ0n) is 16.5. The van der Waals surface area contributed by atoms with Gasteiger partial charge in [-0.05, 0) is 24.6 Å². The predicted molar refractivity (Wildman–Crippen MR) is 118 cm³/mol. The maximum Gasteiger partial charge on any atom is 2.00 e. The zero-order chi connectivity index (χ0) is 17.6. The second-order valence-electron chi connectivity index (χ2n) is 6.26.